The zero-order chi connectivity index (χ0) is 30.2. The van der Waals surface area contributed by atoms with Crippen LogP contribution in [0, 0.1) is 28.9 Å². The number of aromatic nitrogens is 1. The lowest BCUT2D eigenvalue weighted by molar-refractivity contribution is -0.384. The third-order valence-electron chi connectivity index (χ3n) is 7.83. The number of Topliss-reactive ketones (excluding diaryl/α,β-unsaturated/α-hetero) is 1. The highest BCUT2D eigenvalue weighted by Crippen LogP contribution is 2.38. The molecule has 1 aliphatic carbocycles. The van der Waals surface area contributed by atoms with Crippen LogP contribution < -0.4 is 4.90 Å². The van der Waals surface area contributed by atoms with Crippen molar-refractivity contribution in [1.29, 1.82) is 0 Å². The highest BCUT2D eigenvalue weighted by atomic mass is 16.6. The van der Waals surface area contributed by atoms with Crippen molar-refractivity contribution >= 4 is 45.8 Å². The number of anilines is 1. The lowest BCUT2D eigenvalue weighted by Gasteiger charge is -2.15. The van der Waals surface area contributed by atoms with Crippen LogP contribution in [0.4, 0.5) is 11.4 Å². The standard InChI is InChI=1S/C33H25N3O7/c1-19-9-14-28-26(15-19)27(33(40)43-18-30(37)21-5-4-6-23(16-21)36(41)42)17-29(34-28)20-10-12-22(13-11-20)35-31(38)24-7-2-3-8-25(24)32(35)39/h2-6,9-17,24-25H,7-8,18H2,1H3. The summed E-state index contributed by atoms with van der Waals surface area (Å²) in [6, 6.07) is 19.1. The number of carbonyl (C=O) groups excluding carboxylic acids is 4. The highest BCUT2D eigenvalue weighted by molar-refractivity contribution is 6.22. The SMILES string of the molecule is Cc1ccc2nc(-c3ccc(N4C(=O)C5CC=CCC5C4=O)cc3)cc(C(=O)OCC(=O)c3cccc([N+](=O)[O-])c3)c2c1. The molecule has 2 heterocycles. The maximum atomic E-state index is 13.3. The number of allylic oxidation sites excluding steroid dienone is 2. The van der Waals surface area contributed by atoms with Crippen LogP contribution in [0.1, 0.15) is 39.1 Å². The number of benzene rings is 3. The smallest absolute Gasteiger partial charge is 0.339 e. The quantitative estimate of drug-likeness (QED) is 0.0692. The van der Waals surface area contributed by atoms with Gasteiger partial charge in [-0.05, 0) is 50.1 Å². The molecule has 214 valence electrons. The lowest BCUT2D eigenvalue weighted by atomic mass is 9.85. The first-order valence-electron chi connectivity index (χ1n) is 13.7. The first kappa shape index (κ1) is 27.6. The number of carbonyl (C=O) groups is 4. The van der Waals surface area contributed by atoms with Crippen molar-refractivity contribution in [3.05, 3.63) is 112 Å². The minimum atomic E-state index is -0.751. The molecule has 2 atom stereocenters. The first-order chi connectivity index (χ1) is 20.7. The van der Waals surface area contributed by atoms with Crippen molar-refractivity contribution in [3.63, 3.8) is 0 Å². The van der Waals surface area contributed by atoms with Crippen molar-refractivity contribution in [2.75, 3.05) is 11.5 Å². The number of nitro groups is 1. The second-order valence-corrected chi connectivity index (χ2v) is 10.6. The number of hydrogen-bond acceptors (Lipinski definition) is 8. The summed E-state index contributed by atoms with van der Waals surface area (Å²) in [6.07, 6.45) is 5.00. The van der Waals surface area contributed by atoms with Gasteiger partial charge in [0.25, 0.3) is 5.69 Å². The molecule has 1 aliphatic heterocycles. The molecule has 4 aromatic rings. The number of hydrogen-bond donors (Lipinski definition) is 0. The van der Waals surface area contributed by atoms with Crippen molar-refractivity contribution in [2.24, 2.45) is 11.8 Å². The van der Waals surface area contributed by atoms with Gasteiger partial charge in [0, 0.05) is 28.6 Å². The summed E-state index contributed by atoms with van der Waals surface area (Å²) in [5.74, 6) is -2.39. The fourth-order valence-corrected chi connectivity index (χ4v) is 5.58. The van der Waals surface area contributed by atoms with Gasteiger partial charge in [0.15, 0.2) is 6.61 Å². The maximum absolute atomic E-state index is 13.3. The van der Waals surface area contributed by atoms with Crippen LogP contribution in [-0.4, -0.2) is 40.1 Å². The van der Waals surface area contributed by atoms with Crippen molar-refractivity contribution in [1.82, 2.24) is 4.98 Å². The van der Waals surface area contributed by atoms with Gasteiger partial charge >= 0.3 is 5.97 Å². The van der Waals surface area contributed by atoms with Crippen LogP contribution in [0.3, 0.4) is 0 Å². The van der Waals surface area contributed by atoms with E-state index in [9.17, 15) is 29.3 Å². The van der Waals surface area contributed by atoms with E-state index in [1.807, 2.05) is 25.1 Å². The number of imide groups is 1. The average molecular weight is 576 g/mol. The number of pyridine rings is 1. The Balaban J connectivity index is 1.27. The lowest BCUT2D eigenvalue weighted by Crippen LogP contribution is -2.30. The van der Waals surface area contributed by atoms with E-state index in [4.69, 9.17) is 9.72 Å². The minimum Gasteiger partial charge on any atom is -0.454 e. The molecule has 0 saturated carbocycles. The molecule has 3 aromatic carbocycles. The van der Waals surface area contributed by atoms with Gasteiger partial charge in [0.05, 0.1) is 39.2 Å². The van der Waals surface area contributed by atoms with Crippen molar-refractivity contribution in [2.45, 2.75) is 19.8 Å². The van der Waals surface area contributed by atoms with Gasteiger partial charge in [0.2, 0.25) is 17.6 Å². The summed E-state index contributed by atoms with van der Waals surface area (Å²) in [5.41, 5.74) is 3.02. The summed E-state index contributed by atoms with van der Waals surface area (Å²) in [7, 11) is 0. The van der Waals surface area contributed by atoms with Crippen LogP contribution in [0.25, 0.3) is 22.2 Å². The Bertz CT molecular complexity index is 1840. The Morgan fingerprint density at radius 3 is 2.33 bits per heavy atom. The van der Waals surface area contributed by atoms with Gasteiger partial charge < -0.3 is 4.74 Å². The molecule has 0 N–H and O–H groups in total. The summed E-state index contributed by atoms with van der Waals surface area (Å²) in [5, 5.41) is 11.6. The molecule has 2 unspecified atom stereocenters. The zero-order valence-electron chi connectivity index (χ0n) is 23.1. The van der Waals surface area contributed by atoms with Crippen LogP contribution in [0.5, 0.6) is 0 Å². The summed E-state index contributed by atoms with van der Waals surface area (Å²) in [6.45, 7) is 1.27. The van der Waals surface area contributed by atoms with Crippen molar-refractivity contribution < 1.29 is 28.8 Å². The van der Waals surface area contributed by atoms with Crippen LogP contribution in [0.15, 0.2) is 84.9 Å². The fraction of sp³-hybridized carbons (Fsp3) is 0.182. The molecule has 0 spiro atoms. The van der Waals surface area contributed by atoms with E-state index in [0.29, 0.717) is 40.7 Å². The molecule has 6 rings (SSSR count). The topological polar surface area (TPSA) is 137 Å². The second-order valence-electron chi connectivity index (χ2n) is 10.6. The van der Waals surface area contributed by atoms with E-state index in [-0.39, 0.29) is 40.5 Å². The summed E-state index contributed by atoms with van der Waals surface area (Å²) in [4.78, 5) is 68.4. The number of nitrogens with zero attached hydrogens (tertiary/aromatic N) is 3. The molecular weight excluding hydrogens is 550 g/mol. The molecule has 1 aromatic heterocycles. The van der Waals surface area contributed by atoms with Gasteiger partial charge in [-0.1, -0.05) is 48.0 Å². The minimum absolute atomic E-state index is 0.0590. The van der Waals surface area contributed by atoms with Gasteiger partial charge in [-0.2, -0.15) is 0 Å². The third kappa shape index (κ3) is 5.19. The fourth-order valence-electron chi connectivity index (χ4n) is 5.58. The number of aryl methyl sites for hydroxylation is 1. The molecule has 2 aliphatic rings. The Kier molecular flexibility index (Phi) is 7.11. The van der Waals surface area contributed by atoms with E-state index in [2.05, 4.69) is 0 Å². The van der Waals surface area contributed by atoms with Gasteiger partial charge in [-0.3, -0.25) is 29.4 Å². The molecule has 0 radical (unpaired) electrons. The second kappa shape index (κ2) is 11.1. The maximum Gasteiger partial charge on any atom is 0.339 e. The zero-order valence-corrected chi connectivity index (χ0v) is 23.1. The summed E-state index contributed by atoms with van der Waals surface area (Å²) >= 11 is 0. The van der Waals surface area contributed by atoms with Gasteiger partial charge in [0.1, 0.15) is 0 Å². The molecular formula is C33H25N3O7. The van der Waals surface area contributed by atoms with E-state index < -0.39 is 23.3 Å². The predicted octanol–water partition coefficient (Wildman–Crippen LogP) is 5.61. The number of esters is 1. The molecule has 10 nitrogen and oxygen atoms in total. The molecule has 0 bridgehead atoms. The number of rotatable bonds is 7. The number of ketones is 1. The third-order valence-corrected chi connectivity index (χ3v) is 7.83. The van der Waals surface area contributed by atoms with E-state index in [1.54, 1.807) is 42.5 Å². The average Bonchev–Trinajstić information content (AvgIpc) is 3.28. The largest absolute Gasteiger partial charge is 0.454 e. The molecule has 10 heteroatoms. The number of ether oxygens (including phenoxy) is 1. The Morgan fingerprint density at radius 2 is 1.65 bits per heavy atom. The van der Waals surface area contributed by atoms with Gasteiger partial charge in [-0.25, -0.2) is 9.78 Å². The van der Waals surface area contributed by atoms with Crippen LogP contribution in [0.2, 0.25) is 0 Å². The predicted molar refractivity (Wildman–Crippen MR) is 157 cm³/mol. The Morgan fingerprint density at radius 1 is 0.953 bits per heavy atom. The number of non-ortho nitro benzene ring substituents is 1. The molecule has 43 heavy (non-hydrogen) atoms. The number of nitro benzene ring substituents is 1. The van der Waals surface area contributed by atoms with Crippen molar-refractivity contribution in [3.8, 4) is 11.3 Å². The van der Waals surface area contributed by atoms with E-state index in [0.717, 1.165) is 11.6 Å². The Hall–Kier alpha value is -5.51. The van der Waals surface area contributed by atoms with E-state index >= 15 is 0 Å². The number of fused-ring (bicyclic) bond motifs is 2. The Labute approximate surface area is 245 Å². The van der Waals surface area contributed by atoms with Crippen LogP contribution >= 0.6 is 0 Å². The molecule has 1 saturated heterocycles. The highest BCUT2D eigenvalue weighted by Gasteiger charge is 2.47. The van der Waals surface area contributed by atoms with E-state index in [1.165, 1.54) is 23.1 Å². The normalized spacial score (nSPS) is 17.7. The van der Waals surface area contributed by atoms with Crippen LogP contribution in [-0.2, 0) is 14.3 Å². The number of amides is 2. The first-order valence-corrected chi connectivity index (χ1v) is 13.7. The summed E-state index contributed by atoms with van der Waals surface area (Å²) < 4.78 is 5.37. The molecule has 1 fully saturated rings. The molecule has 2 amide bonds. The van der Waals surface area contributed by atoms with Gasteiger partial charge in [-0.15, -0.1) is 0 Å². The monoisotopic (exact) mass is 575 g/mol.